The van der Waals surface area contributed by atoms with Crippen LogP contribution in [-0.4, -0.2) is 48.4 Å². The average molecular weight is 584 g/mol. The normalized spacial score (nSPS) is 21.1. The zero-order chi connectivity index (χ0) is 28.9. The number of carbonyl (C=O) groups is 1. The number of thiazole rings is 1. The van der Waals surface area contributed by atoms with E-state index in [1.807, 2.05) is 31.5 Å². The molecule has 4 rings (SSSR count). The Morgan fingerprint density at radius 3 is 2.55 bits per heavy atom. The van der Waals surface area contributed by atoms with E-state index in [2.05, 4.69) is 10.1 Å². The fraction of sp³-hybridized carbons (Fsp3) is 0.607. The molecule has 0 bridgehead atoms. The van der Waals surface area contributed by atoms with Gasteiger partial charge in [0.1, 0.15) is 12.4 Å². The van der Waals surface area contributed by atoms with Gasteiger partial charge >= 0.3 is 6.18 Å². The molecule has 1 unspecified atom stereocenters. The van der Waals surface area contributed by atoms with Gasteiger partial charge < -0.3 is 23.6 Å². The van der Waals surface area contributed by atoms with Crippen LogP contribution in [-0.2, 0) is 32.4 Å². The van der Waals surface area contributed by atoms with Gasteiger partial charge in [-0.05, 0) is 56.2 Å². The quantitative estimate of drug-likeness (QED) is 0.278. The zero-order valence-corrected chi connectivity index (χ0v) is 24.1. The van der Waals surface area contributed by atoms with Crippen molar-refractivity contribution in [3.05, 3.63) is 45.2 Å². The van der Waals surface area contributed by atoms with Crippen molar-refractivity contribution in [3.8, 4) is 5.75 Å². The fourth-order valence-electron chi connectivity index (χ4n) is 4.25. The van der Waals surface area contributed by atoms with Crippen LogP contribution in [0.3, 0.4) is 0 Å². The summed E-state index contributed by atoms with van der Waals surface area (Å²) in [5, 5.41) is 4.01. The van der Waals surface area contributed by atoms with E-state index in [0.29, 0.717) is 30.3 Å². The number of rotatable bonds is 8. The minimum absolute atomic E-state index is 0.00702. The van der Waals surface area contributed by atoms with E-state index in [4.69, 9.17) is 19.0 Å². The predicted octanol–water partition coefficient (Wildman–Crippen LogP) is 6.08. The summed E-state index contributed by atoms with van der Waals surface area (Å²) in [5.74, 6) is -0.852. The lowest BCUT2D eigenvalue weighted by Gasteiger charge is -2.20. The lowest BCUT2D eigenvalue weighted by Crippen LogP contribution is -2.24. The molecular formula is C28H36F3N3O5S. The highest BCUT2D eigenvalue weighted by Gasteiger charge is 2.32. The minimum atomic E-state index is -4.64. The van der Waals surface area contributed by atoms with Crippen LogP contribution < -0.4 is 9.54 Å². The maximum Gasteiger partial charge on any atom is 0.416 e. The molecule has 2 saturated heterocycles. The number of carbonyl (C=O) groups excluding carboxylic acids is 1. The number of nitrogens with zero attached hydrogens (tertiary/aromatic N) is 3. The standard InChI is InChI=1S/C28H36F3N3O5S/c1-18(33-39-24-9-5-6-12-37-24)17-38-22-11-10-19(28(29,30)31)14-21(22)25(35)32-26-34(15-20-8-7-13-36-20)16-23(40-26)27(2,3)4/h10-11,14,16,20,24H,5-9,12-13,15,17H2,1-4H3/b32-26-,33-18-/t20-,24?/m1/s1. The van der Waals surface area contributed by atoms with Gasteiger partial charge in [-0.15, -0.1) is 11.3 Å². The van der Waals surface area contributed by atoms with Crippen LogP contribution in [0.25, 0.3) is 0 Å². The summed E-state index contributed by atoms with van der Waals surface area (Å²) < 4.78 is 59.5. The molecule has 1 aromatic carbocycles. The Hall–Kier alpha value is -2.70. The molecule has 0 saturated carbocycles. The van der Waals surface area contributed by atoms with Gasteiger partial charge in [0.25, 0.3) is 5.91 Å². The number of alkyl halides is 3. The van der Waals surface area contributed by atoms with Gasteiger partial charge in [0.2, 0.25) is 6.29 Å². The van der Waals surface area contributed by atoms with Gasteiger partial charge in [-0.3, -0.25) is 4.79 Å². The van der Waals surface area contributed by atoms with Gasteiger partial charge in [0.15, 0.2) is 4.80 Å². The first-order valence-electron chi connectivity index (χ1n) is 13.5. The second-order valence-electron chi connectivity index (χ2n) is 11.1. The number of hydrogen-bond donors (Lipinski definition) is 0. The van der Waals surface area contributed by atoms with E-state index in [1.54, 1.807) is 6.92 Å². The number of aromatic nitrogens is 1. The molecule has 220 valence electrons. The first kappa shape index (κ1) is 30.3. The zero-order valence-electron chi connectivity index (χ0n) is 23.3. The molecule has 2 fully saturated rings. The van der Waals surface area contributed by atoms with E-state index in [-0.39, 0.29) is 29.4 Å². The fourth-order valence-corrected chi connectivity index (χ4v) is 5.31. The average Bonchev–Trinajstić information content (AvgIpc) is 3.56. The molecule has 0 N–H and O–H groups in total. The number of halogens is 3. The number of hydrogen-bond acceptors (Lipinski definition) is 7. The minimum Gasteiger partial charge on any atom is -0.487 e. The van der Waals surface area contributed by atoms with Gasteiger partial charge in [-0.25, -0.2) is 0 Å². The number of ether oxygens (including phenoxy) is 3. The van der Waals surface area contributed by atoms with E-state index < -0.39 is 23.9 Å². The van der Waals surface area contributed by atoms with Gasteiger partial charge in [-0.2, -0.15) is 18.2 Å². The van der Waals surface area contributed by atoms with Crippen molar-refractivity contribution in [2.45, 2.75) is 90.3 Å². The molecular weight excluding hydrogens is 547 g/mol. The van der Waals surface area contributed by atoms with Crippen molar-refractivity contribution in [2.24, 2.45) is 10.1 Å². The first-order chi connectivity index (χ1) is 18.9. The SMILES string of the molecule is C/C(COc1ccc(C(F)(F)F)cc1C(=O)/N=c1\sc(C(C)(C)C)cn1C[C@H]1CCCO1)=N/OC1CCCCO1. The molecule has 2 aliphatic rings. The smallest absolute Gasteiger partial charge is 0.416 e. The van der Waals surface area contributed by atoms with E-state index in [9.17, 15) is 18.0 Å². The van der Waals surface area contributed by atoms with Crippen molar-refractivity contribution in [3.63, 3.8) is 0 Å². The summed E-state index contributed by atoms with van der Waals surface area (Å²) in [5.41, 5.74) is -1.01. The molecule has 12 heteroatoms. The second kappa shape index (κ2) is 12.9. The van der Waals surface area contributed by atoms with Crippen LogP contribution in [0.4, 0.5) is 13.2 Å². The third-order valence-corrected chi connectivity index (χ3v) is 7.96. The topological polar surface area (TPSA) is 83.6 Å². The number of amides is 1. The third kappa shape index (κ3) is 8.17. The second-order valence-corrected chi connectivity index (χ2v) is 12.1. The van der Waals surface area contributed by atoms with Crippen molar-refractivity contribution >= 4 is 23.0 Å². The van der Waals surface area contributed by atoms with Crippen molar-refractivity contribution in [2.75, 3.05) is 19.8 Å². The molecule has 0 aliphatic carbocycles. The Kier molecular flexibility index (Phi) is 9.73. The van der Waals surface area contributed by atoms with E-state index in [0.717, 1.165) is 55.2 Å². The Morgan fingerprint density at radius 2 is 1.90 bits per heavy atom. The Balaban J connectivity index is 1.61. The van der Waals surface area contributed by atoms with Crippen LogP contribution in [0.2, 0.25) is 0 Å². The Labute approximate surface area is 235 Å². The van der Waals surface area contributed by atoms with Gasteiger partial charge in [0, 0.05) is 24.1 Å². The molecule has 40 heavy (non-hydrogen) atoms. The molecule has 2 atom stereocenters. The lowest BCUT2D eigenvalue weighted by atomic mass is 9.95. The monoisotopic (exact) mass is 583 g/mol. The van der Waals surface area contributed by atoms with Crippen LogP contribution in [0, 0.1) is 0 Å². The molecule has 2 aliphatic heterocycles. The Morgan fingerprint density at radius 1 is 1.12 bits per heavy atom. The molecule has 8 nitrogen and oxygen atoms in total. The predicted molar refractivity (Wildman–Crippen MR) is 145 cm³/mol. The largest absolute Gasteiger partial charge is 0.487 e. The first-order valence-corrected chi connectivity index (χ1v) is 14.3. The van der Waals surface area contributed by atoms with E-state index in [1.165, 1.54) is 11.3 Å². The summed E-state index contributed by atoms with van der Waals surface area (Å²) in [6, 6.07) is 2.80. The summed E-state index contributed by atoms with van der Waals surface area (Å²) in [7, 11) is 0. The van der Waals surface area contributed by atoms with Crippen LogP contribution in [0.1, 0.15) is 80.6 Å². The van der Waals surface area contributed by atoms with Gasteiger partial charge in [-0.1, -0.05) is 25.9 Å². The van der Waals surface area contributed by atoms with Crippen molar-refractivity contribution in [1.29, 1.82) is 0 Å². The third-order valence-electron chi connectivity index (χ3n) is 6.52. The molecule has 2 aromatic rings. The number of benzene rings is 1. The maximum absolute atomic E-state index is 13.6. The molecule has 1 amide bonds. The highest BCUT2D eigenvalue weighted by molar-refractivity contribution is 7.09. The summed E-state index contributed by atoms with van der Waals surface area (Å²) in [4.78, 5) is 24.5. The maximum atomic E-state index is 13.6. The van der Waals surface area contributed by atoms with Crippen LogP contribution in [0.15, 0.2) is 34.5 Å². The van der Waals surface area contributed by atoms with Crippen molar-refractivity contribution in [1.82, 2.24) is 4.57 Å². The highest BCUT2D eigenvalue weighted by Crippen LogP contribution is 2.33. The van der Waals surface area contributed by atoms with Crippen molar-refractivity contribution < 1.29 is 37.0 Å². The lowest BCUT2D eigenvalue weighted by molar-refractivity contribution is -0.162. The molecule has 3 heterocycles. The van der Waals surface area contributed by atoms with Crippen LogP contribution in [0.5, 0.6) is 5.75 Å². The van der Waals surface area contributed by atoms with E-state index >= 15 is 0 Å². The van der Waals surface area contributed by atoms with Gasteiger partial charge in [0.05, 0.1) is 36.1 Å². The summed E-state index contributed by atoms with van der Waals surface area (Å²) in [6.07, 6.45) is 1.39. The molecule has 1 aromatic heterocycles. The molecule has 0 radical (unpaired) electrons. The highest BCUT2D eigenvalue weighted by atomic mass is 32.1. The molecule has 0 spiro atoms. The summed E-state index contributed by atoms with van der Waals surface area (Å²) in [6.45, 7) is 9.50. The van der Waals surface area contributed by atoms with Crippen LogP contribution >= 0.6 is 11.3 Å². The summed E-state index contributed by atoms with van der Waals surface area (Å²) >= 11 is 1.34. The Bertz CT molecular complexity index is 1270. The number of oxime groups is 1.